The number of carbonyl (C=O) groups is 2. The smallest absolute Gasteiger partial charge is 0.420 e. The highest BCUT2D eigenvalue weighted by molar-refractivity contribution is 5.90. The fraction of sp³-hybridized carbons (Fsp3) is 0.263. The number of hydrogen-bond acceptors (Lipinski definition) is 5. The van der Waals surface area contributed by atoms with Gasteiger partial charge in [0.15, 0.2) is 5.75 Å². The van der Waals surface area contributed by atoms with Crippen molar-refractivity contribution in [2.24, 2.45) is 0 Å². The summed E-state index contributed by atoms with van der Waals surface area (Å²) >= 11 is 0. The number of halogens is 4. The van der Waals surface area contributed by atoms with Crippen LogP contribution in [0.15, 0.2) is 36.4 Å². The van der Waals surface area contributed by atoms with Gasteiger partial charge in [0.1, 0.15) is 23.4 Å². The molecule has 0 radical (unpaired) electrons. The molecule has 0 fully saturated rings. The first-order chi connectivity index (χ1) is 13.6. The van der Waals surface area contributed by atoms with Gasteiger partial charge in [0.05, 0.1) is 17.9 Å². The molecule has 2 N–H and O–H groups in total. The second kappa shape index (κ2) is 11.0. The Balaban J connectivity index is 0.000000612. The number of aldehydes is 1. The molecule has 0 saturated heterocycles. The molecule has 0 aromatic heterocycles. The normalized spacial score (nSPS) is 10.6. The van der Waals surface area contributed by atoms with E-state index in [0.717, 1.165) is 24.5 Å². The molecule has 29 heavy (non-hydrogen) atoms. The molecule has 2 aromatic rings. The molecular weight excluding hydrogens is 398 g/mol. The van der Waals surface area contributed by atoms with Crippen LogP contribution in [-0.2, 0) is 15.7 Å². The number of nitrogens with one attached hydrogen (secondary N) is 1. The number of carbonyl (C=O) groups excluding carboxylic acids is 1. The SMILES string of the molecule is CNc1cc(C(=O)O)cc(C(F)(F)F)c1Oc1ccc(F)cc1.COCCC=O. The lowest BCUT2D eigenvalue weighted by Crippen LogP contribution is -2.11. The first kappa shape index (κ1) is 23.9. The fourth-order valence-corrected chi connectivity index (χ4v) is 2.04. The van der Waals surface area contributed by atoms with Crippen molar-refractivity contribution >= 4 is 17.9 Å². The van der Waals surface area contributed by atoms with Gasteiger partial charge in [-0.1, -0.05) is 0 Å². The van der Waals surface area contributed by atoms with Crippen molar-refractivity contribution in [1.82, 2.24) is 0 Å². The van der Waals surface area contributed by atoms with Gasteiger partial charge in [-0.15, -0.1) is 0 Å². The number of methoxy groups -OCH3 is 1. The number of benzene rings is 2. The zero-order chi connectivity index (χ0) is 22.0. The van der Waals surface area contributed by atoms with Gasteiger partial charge in [-0.25, -0.2) is 9.18 Å². The van der Waals surface area contributed by atoms with Gasteiger partial charge in [-0.05, 0) is 36.4 Å². The van der Waals surface area contributed by atoms with Crippen LogP contribution in [0.3, 0.4) is 0 Å². The molecule has 0 aliphatic carbocycles. The lowest BCUT2D eigenvalue weighted by atomic mass is 10.1. The predicted octanol–water partition coefficient (Wildman–Crippen LogP) is 4.60. The third kappa shape index (κ3) is 7.41. The van der Waals surface area contributed by atoms with E-state index in [1.54, 1.807) is 7.11 Å². The Kier molecular flexibility index (Phi) is 9.07. The Labute approximate surface area is 164 Å². The molecule has 0 aliphatic rings. The molecule has 0 bridgehead atoms. The van der Waals surface area contributed by atoms with Gasteiger partial charge in [0.2, 0.25) is 0 Å². The predicted molar refractivity (Wildman–Crippen MR) is 97.0 cm³/mol. The second-order valence-electron chi connectivity index (χ2n) is 5.46. The minimum absolute atomic E-state index is 0.0172. The maximum atomic E-state index is 13.2. The van der Waals surface area contributed by atoms with Crippen molar-refractivity contribution in [3.63, 3.8) is 0 Å². The Morgan fingerprint density at radius 1 is 1.21 bits per heavy atom. The second-order valence-corrected chi connectivity index (χ2v) is 5.46. The molecule has 2 aromatic carbocycles. The van der Waals surface area contributed by atoms with Gasteiger partial charge in [-0.3, -0.25) is 0 Å². The molecule has 0 atom stereocenters. The maximum Gasteiger partial charge on any atom is 0.420 e. The van der Waals surface area contributed by atoms with E-state index in [4.69, 9.17) is 9.84 Å². The Morgan fingerprint density at radius 2 is 1.83 bits per heavy atom. The van der Waals surface area contributed by atoms with E-state index < -0.39 is 34.8 Å². The number of carboxylic acid groups (broad SMARTS) is 1. The first-order valence-corrected chi connectivity index (χ1v) is 8.16. The lowest BCUT2D eigenvalue weighted by molar-refractivity contribution is -0.138. The Bertz CT molecular complexity index is 823. The summed E-state index contributed by atoms with van der Waals surface area (Å²) in [7, 11) is 2.90. The largest absolute Gasteiger partial charge is 0.478 e. The van der Waals surface area contributed by atoms with Crippen LogP contribution in [0.2, 0.25) is 0 Å². The van der Waals surface area contributed by atoms with E-state index in [1.807, 2.05) is 0 Å². The third-order valence-corrected chi connectivity index (χ3v) is 3.38. The van der Waals surface area contributed by atoms with E-state index in [2.05, 4.69) is 10.1 Å². The third-order valence-electron chi connectivity index (χ3n) is 3.38. The molecule has 10 heteroatoms. The first-order valence-electron chi connectivity index (χ1n) is 8.16. The standard InChI is InChI=1S/C15H11F4NO3.C4H8O2/c1-20-12-7-8(14(21)22)6-11(15(17,18)19)13(12)23-10-4-2-9(16)3-5-10;1-6-4-2-3-5/h2-7,20H,1H3,(H,21,22);3H,2,4H2,1H3. The van der Waals surface area contributed by atoms with Crippen LogP contribution in [0.1, 0.15) is 22.3 Å². The van der Waals surface area contributed by atoms with Gasteiger partial charge in [0, 0.05) is 20.6 Å². The quantitative estimate of drug-likeness (QED) is 0.389. The Hall–Kier alpha value is -3.14. The van der Waals surface area contributed by atoms with Crippen LogP contribution in [-0.4, -0.2) is 38.1 Å². The molecule has 0 unspecified atom stereocenters. The average Bonchev–Trinajstić information content (AvgIpc) is 2.67. The molecule has 0 saturated carbocycles. The van der Waals surface area contributed by atoms with Crippen LogP contribution in [0, 0.1) is 5.82 Å². The van der Waals surface area contributed by atoms with Crippen LogP contribution >= 0.6 is 0 Å². The van der Waals surface area contributed by atoms with E-state index in [1.165, 1.54) is 19.2 Å². The molecule has 0 heterocycles. The van der Waals surface area contributed by atoms with Gasteiger partial charge in [-0.2, -0.15) is 13.2 Å². The minimum Gasteiger partial charge on any atom is -0.478 e. The topological polar surface area (TPSA) is 84.9 Å². The zero-order valence-corrected chi connectivity index (χ0v) is 15.5. The summed E-state index contributed by atoms with van der Waals surface area (Å²) in [4.78, 5) is 20.5. The highest BCUT2D eigenvalue weighted by Crippen LogP contribution is 2.43. The molecule has 0 aliphatic heterocycles. The van der Waals surface area contributed by atoms with Crippen molar-refractivity contribution in [2.75, 3.05) is 26.1 Å². The van der Waals surface area contributed by atoms with E-state index in [0.29, 0.717) is 19.1 Å². The number of alkyl halides is 3. The summed E-state index contributed by atoms with van der Waals surface area (Å²) in [5.41, 5.74) is -1.93. The molecular formula is C19H19F4NO5. The van der Waals surface area contributed by atoms with Gasteiger partial charge < -0.3 is 24.7 Å². The van der Waals surface area contributed by atoms with Crippen molar-refractivity contribution in [3.05, 3.63) is 53.3 Å². The van der Waals surface area contributed by atoms with Crippen molar-refractivity contribution in [2.45, 2.75) is 12.6 Å². The maximum absolute atomic E-state index is 13.2. The lowest BCUT2D eigenvalue weighted by Gasteiger charge is -2.18. The zero-order valence-electron chi connectivity index (χ0n) is 15.5. The van der Waals surface area contributed by atoms with Crippen molar-refractivity contribution < 1.29 is 41.7 Å². The molecule has 2 rings (SSSR count). The number of rotatable bonds is 7. The molecule has 6 nitrogen and oxygen atoms in total. The van der Waals surface area contributed by atoms with Gasteiger partial charge >= 0.3 is 12.1 Å². The molecule has 158 valence electrons. The van der Waals surface area contributed by atoms with E-state index >= 15 is 0 Å². The summed E-state index contributed by atoms with van der Waals surface area (Å²) in [6, 6.07) is 5.92. The monoisotopic (exact) mass is 417 g/mol. The number of aromatic carboxylic acids is 1. The number of hydrogen-bond donors (Lipinski definition) is 2. The summed E-state index contributed by atoms with van der Waals surface area (Å²) in [6.07, 6.45) is -3.48. The van der Waals surface area contributed by atoms with Crippen LogP contribution < -0.4 is 10.1 Å². The number of carboxylic acids is 1. The average molecular weight is 417 g/mol. The summed E-state index contributed by atoms with van der Waals surface area (Å²) < 4.78 is 62.3. The highest BCUT2D eigenvalue weighted by Gasteiger charge is 2.37. The number of anilines is 1. The van der Waals surface area contributed by atoms with Crippen LogP contribution in [0.5, 0.6) is 11.5 Å². The number of ether oxygens (including phenoxy) is 2. The highest BCUT2D eigenvalue weighted by atomic mass is 19.4. The summed E-state index contributed by atoms with van der Waals surface area (Å²) in [5.74, 6) is -2.67. The van der Waals surface area contributed by atoms with Crippen LogP contribution in [0.25, 0.3) is 0 Å². The fourth-order valence-electron chi connectivity index (χ4n) is 2.04. The molecule has 0 amide bonds. The van der Waals surface area contributed by atoms with Gasteiger partial charge in [0.25, 0.3) is 0 Å². The van der Waals surface area contributed by atoms with Crippen molar-refractivity contribution in [3.8, 4) is 11.5 Å². The summed E-state index contributed by atoms with van der Waals surface area (Å²) in [5, 5.41) is 11.4. The van der Waals surface area contributed by atoms with E-state index in [-0.39, 0.29) is 11.4 Å². The Morgan fingerprint density at radius 3 is 2.24 bits per heavy atom. The summed E-state index contributed by atoms with van der Waals surface area (Å²) in [6.45, 7) is 0.545. The minimum atomic E-state index is -4.83. The molecule has 0 spiro atoms. The van der Waals surface area contributed by atoms with Crippen molar-refractivity contribution in [1.29, 1.82) is 0 Å². The van der Waals surface area contributed by atoms with Crippen LogP contribution in [0.4, 0.5) is 23.2 Å². The van der Waals surface area contributed by atoms with E-state index in [9.17, 15) is 27.2 Å².